The molecule has 5 nitrogen and oxygen atoms in total. The Bertz CT molecular complexity index is 800. The number of non-ortho nitro benzene ring substituents is 1. The van der Waals surface area contributed by atoms with Crippen molar-refractivity contribution in [3.05, 3.63) is 68.6 Å². The fourth-order valence-corrected chi connectivity index (χ4v) is 1.97. The van der Waals surface area contributed by atoms with Crippen LogP contribution in [0.15, 0.2) is 51.7 Å². The Kier molecular flexibility index (Phi) is 6.93. The van der Waals surface area contributed by atoms with Gasteiger partial charge < -0.3 is 4.42 Å². The van der Waals surface area contributed by atoms with Crippen molar-refractivity contribution < 1.29 is 9.34 Å². The van der Waals surface area contributed by atoms with Gasteiger partial charge in [0.2, 0.25) is 0 Å². The van der Waals surface area contributed by atoms with E-state index in [1.54, 1.807) is 0 Å². The van der Waals surface area contributed by atoms with E-state index in [4.69, 9.17) is 4.42 Å². The van der Waals surface area contributed by atoms with Gasteiger partial charge in [0.25, 0.3) is 5.69 Å². The van der Waals surface area contributed by atoms with Crippen LogP contribution in [-0.4, -0.2) is 4.92 Å². The minimum Gasteiger partial charge on any atom is -0.456 e. The fraction of sp³-hybridized carbons (Fsp3) is 0.278. The molecule has 1 aromatic heterocycles. The number of nitrogens with zero attached hydrogens (tertiary/aromatic N) is 1. The second-order valence-corrected chi connectivity index (χ2v) is 4.47. The summed E-state index contributed by atoms with van der Waals surface area (Å²) in [7, 11) is 0. The Morgan fingerprint density at radius 3 is 2.57 bits per heavy atom. The van der Waals surface area contributed by atoms with Crippen molar-refractivity contribution >= 4 is 22.2 Å². The van der Waals surface area contributed by atoms with E-state index in [0.717, 1.165) is 12.0 Å². The Morgan fingerprint density at radius 2 is 2.00 bits per heavy atom. The van der Waals surface area contributed by atoms with E-state index in [-0.39, 0.29) is 16.5 Å². The molecule has 0 aliphatic heterocycles. The molecule has 0 aliphatic carbocycles. The first-order valence-electron chi connectivity index (χ1n) is 7.62. The third-order valence-electron chi connectivity index (χ3n) is 3.05. The third-order valence-corrected chi connectivity index (χ3v) is 3.05. The maximum Gasteiger partial charge on any atom is 0.270 e. The van der Waals surface area contributed by atoms with Gasteiger partial charge in [-0.3, -0.25) is 14.9 Å². The molecule has 0 saturated carbocycles. The number of hydrogen-bond donors (Lipinski definition) is 0. The van der Waals surface area contributed by atoms with E-state index in [1.165, 1.54) is 24.3 Å². The molecule has 23 heavy (non-hydrogen) atoms. The zero-order chi connectivity index (χ0) is 17.4. The zero-order valence-corrected chi connectivity index (χ0v) is 13.8. The van der Waals surface area contributed by atoms with E-state index in [2.05, 4.69) is 0 Å². The van der Waals surface area contributed by atoms with Crippen LogP contribution in [0.25, 0.3) is 16.5 Å². The molecule has 0 spiro atoms. The van der Waals surface area contributed by atoms with Crippen LogP contribution >= 0.6 is 0 Å². The van der Waals surface area contributed by atoms with Crippen molar-refractivity contribution in [2.45, 2.75) is 34.1 Å². The van der Waals surface area contributed by atoms with Crippen LogP contribution < -0.4 is 5.43 Å². The summed E-state index contributed by atoms with van der Waals surface area (Å²) in [4.78, 5) is 22.4. The average Bonchev–Trinajstić information content (AvgIpc) is 2.57. The van der Waals surface area contributed by atoms with Gasteiger partial charge in [-0.2, -0.15) is 0 Å². The summed E-state index contributed by atoms with van der Waals surface area (Å²) in [5.74, 6) is 0.452. The van der Waals surface area contributed by atoms with Crippen molar-refractivity contribution in [1.29, 1.82) is 0 Å². The third kappa shape index (κ3) is 4.39. The van der Waals surface area contributed by atoms with Gasteiger partial charge in [-0.05, 0) is 19.4 Å². The predicted molar refractivity (Wildman–Crippen MR) is 93.6 cm³/mol. The standard InChI is InChI=1S/C16H15NO4.C2H6/c1-3-5-6-11(4-2)16-10-14(18)13-9-12(17(19)20)7-8-15(13)21-16;1-2/h4-10H,3H2,1-2H3;1-2H3/b6-5-,11-4+;. The van der Waals surface area contributed by atoms with Gasteiger partial charge in [0.05, 0.1) is 10.3 Å². The monoisotopic (exact) mass is 315 g/mol. The van der Waals surface area contributed by atoms with Crippen molar-refractivity contribution in [1.82, 2.24) is 0 Å². The summed E-state index contributed by atoms with van der Waals surface area (Å²) >= 11 is 0. The first-order valence-corrected chi connectivity index (χ1v) is 7.62. The highest BCUT2D eigenvalue weighted by molar-refractivity contribution is 5.81. The summed E-state index contributed by atoms with van der Waals surface area (Å²) in [6, 6.07) is 5.38. The second kappa shape index (κ2) is 8.68. The van der Waals surface area contributed by atoms with Crippen molar-refractivity contribution in [2.24, 2.45) is 0 Å². The van der Waals surface area contributed by atoms with Crippen LogP contribution in [0.4, 0.5) is 5.69 Å². The Morgan fingerprint density at radius 1 is 1.30 bits per heavy atom. The number of nitro benzene ring substituents is 1. The second-order valence-electron chi connectivity index (χ2n) is 4.47. The van der Waals surface area contributed by atoms with Gasteiger partial charge in [0, 0.05) is 23.8 Å². The smallest absolute Gasteiger partial charge is 0.270 e. The van der Waals surface area contributed by atoms with E-state index in [1.807, 2.05) is 45.9 Å². The Balaban J connectivity index is 0.00000127. The molecule has 1 heterocycles. The van der Waals surface area contributed by atoms with E-state index in [9.17, 15) is 14.9 Å². The molecule has 0 saturated heterocycles. The lowest BCUT2D eigenvalue weighted by Crippen LogP contribution is -2.02. The van der Waals surface area contributed by atoms with E-state index >= 15 is 0 Å². The molecule has 2 aromatic rings. The van der Waals surface area contributed by atoms with Gasteiger partial charge in [-0.1, -0.05) is 39.0 Å². The SMILES string of the molecule is C/C=C(\C=C/CC)c1cc(=O)c2cc([N+](=O)[O-])ccc2o1.CC. The number of benzene rings is 1. The molecule has 0 bridgehead atoms. The largest absolute Gasteiger partial charge is 0.456 e. The van der Waals surface area contributed by atoms with Crippen LogP contribution in [0.3, 0.4) is 0 Å². The highest BCUT2D eigenvalue weighted by Crippen LogP contribution is 2.23. The van der Waals surface area contributed by atoms with E-state index < -0.39 is 4.92 Å². The van der Waals surface area contributed by atoms with Gasteiger partial charge in [0.15, 0.2) is 5.43 Å². The summed E-state index contributed by atoms with van der Waals surface area (Å²) < 4.78 is 5.69. The highest BCUT2D eigenvalue weighted by atomic mass is 16.6. The first kappa shape index (κ1) is 18.4. The van der Waals surface area contributed by atoms with Crippen LogP contribution in [0.1, 0.15) is 39.9 Å². The average molecular weight is 315 g/mol. The lowest BCUT2D eigenvalue weighted by atomic mass is 10.1. The number of fused-ring (bicyclic) bond motifs is 1. The molecule has 0 fully saturated rings. The first-order chi connectivity index (χ1) is 11.1. The number of rotatable bonds is 4. The summed E-state index contributed by atoms with van der Waals surface area (Å²) in [5.41, 5.74) is 0.723. The Hall–Kier alpha value is -2.69. The van der Waals surface area contributed by atoms with Crippen molar-refractivity contribution in [3.63, 3.8) is 0 Å². The molecule has 0 radical (unpaired) electrons. The quantitative estimate of drug-likeness (QED) is 0.447. The van der Waals surface area contributed by atoms with Crippen molar-refractivity contribution in [2.75, 3.05) is 0 Å². The van der Waals surface area contributed by atoms with Gasteiger partial charge in [-0.15, -0.1) is 0 Å². The van der Waals surface area contributed by atoms with Gasteiger partial charge in [-0.25, -0.2) is 0 Å². The molecular formula is C18H21NO4. The molecule has 0 amide bonds. The summed E-state index contributed by atoms with van der Waals surface area (Å²) in [6.07, 6.45) is 6.58. The topological polar surface area (TPSA) is 73.3 Å². The normalized spacial score (nSPS) is 11.4. The van der Waals surface area contributed by atoms with Gasteiger partial charge >= 0.3 is 0 Å². The minimum absolute atomic E-state index is 0.125. The molecule has 0 N–H and O–H groups in total. The molecule has 122 valence electrons. The molecule has 0 aliphatic rings. The van der Waals surface area contributed by atoms with Gasteiger partial charge in [0.1, 0.15) is 11.3 Å². The molecule has 1 aromatic carbocycles. The number of hydrogen-bond acceptors (Lipinski definition) is 4. The van der Waals surface area contributed by atoms with Crippen LogP contribution in [-0.2, 0) is 0 Å². The lowest BCUT2D eigenvalue weighted by molar-refractivity contribution is -0.384. The maximum absolute atomic E-state index is 12.1. The maximum atomic E-state index is 12.1. The minimum atomic E-state index is -0.534. The van der Waals surface area contributed by atoms with Crippen molar-refractivity contribution in [3.8, 4) is 0 Å². The Labute approximate surface area is 135 Å². The van der Waals surface area contributed by atoms with Crippen LogP contribution in [0.2, 0.25) is 0 Å². The molecule has 5 heteroatoms. The predicted octanol–water partition coefficient (Wildman–Crippen LogP) is 5.10. The van der Waals surface area contributed by atoms with E-state index in [0.29, 0.717) is 11.3 Å². The molecule has 0 atom stereocenters. The number of nitro groups is 1. The summed E-state index contributed by atoms with van der Waals surface area (Å²) in [5, 5.41) is 11.0. The fourth-order valence-electron chi connectivity index (χ4n) is 1.97. The highest BCUT2D eigenvalue weighted by Gasteiger charge is 2.12. The summed E-state index contributed by atoms with van der Waals surface area (Å²) in [6.45, 7) is 7.87. The number of allylic oxidation sites excluding steroid dienone is 4. The van der Waals surface area contributed by atoms with Crippen LogP contribution in [0.5, 0.6) is 0 Å². The van der Waals surface area contributed by atoms with Crippen LogP contribution in [0, 0.1) is 10.1 Å². The lowest BCUT2D eigenvalue weighted by Gasteiger charge is -2.03. The molecule has 0 unspecified atom stereocenters. The zero-order valence-electron chi connectivity index (χ0n) is 13.8. The molecular weight excluding hydrogens is 294 g/mol. The molecule has 2 rings (SSSR count).